The summed E-state index contributed by atoms with van der Waals surface area (Å²) < 4.78 is 1.74. The van der Waals surface area contributed by atoms with Crippen molar-refractivity contribution in [2.75, 3.05) is 0 Å². The molecule has 90 valence electrons. The summed E-state index contributed by atoms with van der Waals surface area (Å²) in [5.74, 6) is 0. The van der Waals surface area contributed by atoms with Crippen molar-refractivity contribution in [3.8, 4) is 0 Å². The third-order valence-corrected chi connectivity index (χ3v) is 4.66. The number of aromatic nitrogens is 2. The summed E-state index contributed by atoms with van der Waals surface area (Å²) in [6.45, 7) is 4.04. The molecule has 1 aliphatic rings. The van der Waals surface area contributed by atoms with E-state index in [4.69, 9.17) is 0 Å². The Morgan fingerprint density at radius 3 is 2.88 bits per heavy atom. The molecule has 0 spiro atoms. The Bertz CT molecular complexity index is 624. The van der Waals surface area contributed by atoms with Gasteiger partial charge in [-0.05, 0) is 45.1 Å². The predicted octanol–water partition coefficient (Wildman–Crippen LogP) is 2.92. The molecule has 0 atom stereocenters. The van der Waals surface area contributed by atoms with E-state index in [9.17, 15) is 4.79 Å². The summed E-state index contributed by atoms with van der Waals surface area (Å²) in [6, 6.07) is 0.179. The van der Waals surface area contributed by atoms with Crippen LogP contribution in [0.5, 0.6) is 0 Å². The smallest absolute Gasteiger partial charge is 0.262 e. The van der Waals surface area contributed by atoms with Crippen LogP contribution in [-0.2, 0) is 12.8 Å². The largest absolute Gasteiger partial charge is 0.296 e. The number of rotatable bonds is 1. The number of fused-ring (bicyclic) bond motifs is 3. The monoisotopic (exact) mass is 248 g/mol. The van der Waals surface area contributed by atoms with Crippen molar-refractivity contribution >= 4 is 21.6 Å². The van der Waals surface area contributed by atoms with E-state index in [-0.39, 0.29) is 11.6 Å². The molecule has 0 saturated carbocycles. The number of hydrogen-bond acceptors (Lipinski definition) is 3. The summed E-state index contributed by atoms with van der Waals surface area (Å²) in [7, 11) is 0. The molecule has 0 saturated heterocycles. The summed E-state index contributed by atoms with van der Waals surface area (Å²) in [4.78, 5) is 19.2. The van der Waals surface area contributed by atoms with Gasteiger partial charge >= 0.3 is 0 Å². The van der Waals surface area contributed by atoms with Gasteiger partial charge in [-0.2, -0.15) is 0 Å². The van der Waals surface area contributed by atoms with Crippen LogP contribution in [0.25, 0.3) is 10.2 Å². The van der Waals surface area contributed by atoms with Crippen LogP contribution in [0, 0.1) is 0 Å². The molecule has 0 N–H and O–H groups in total. The van der Waals surface area contributed by atoms with E-state index in [0.29, 0.717) is 0 Å². The second-order valence-electron chi connectivity index (χ2n) is 4.94. The van der Waals surface area contributed by atoms with Crippen LogP contribution in [0.1, 0.15) is 43.2 Å². The third-order valence-electron chi connectivity index (χ3n) is 3.46. The molecular formula is C13H16N2OS. The highest BCUT2D eigenvalue weighted by atomic mass is 32.1. The molecule has 4 heteroatoms. The minimum Gasteiger partial charge on any atom is -0.296 e. The van der Waals surface area contributed by atoms with Crippen LogP contribution in [-0.4, -0.2) is 9.55 Å². The van der Waals surface area contributed by atoms with Crippen molar-refractivity contribution in [3.63, 3.8) is 0 Å². The molecule has 3 nitrogen and oxygen atoms in total. The average Bonchev–Trinajstić information content (AvgIpc) is 2.67. The van der Waals surface area contributed by atoms with Crippen LogP contribution in [0.2, 0.25) is 0 Å². The molecule has 0 aliphatic heterocycles. The van der Waals surface area contributed by atoms with Crippen LogP contribution < -0.4 is 5.56 Å². The first-order valence-corrected chi connectivity index (χ1v) is 7.01. The maximum atomic E-state index is 12.4. The Morgan fingerprint density at radius 2 is 2.12 bits per heavy atom. The Hall–Kier alpha value is -1.16. The van der Waals surface area contributed by atoms with Crippen LogP contribution in [0.4, 0.5) is 0 Å². The number of nitrogens with zero attached hydrogens (tertiary/aromatic N) is 2. The summed E-state index contributed by atoms with van der Waals surface area (Å²) >= 11 is 1.71. The lowest BCUT2D eigenvalue weighted by molar-refractivity contribution is 0.573. The van der Waals surface area contributed by atoms with Gasteiger partial charge in [0, 0.05) is 10.9 Å². The Kier molecular flexibility index (Phi) is 2.54. The van der Waals surface area contributed by atoms with Gasteiger partial charge in [0.2, 0.25) is 0 Å². The van der Waals surface area contributed by atoms with E-state index in [1.165, 1.54) is 23.3 Å². The Balaban J connectivity index is 2.34. The zero-order chi connectivity index (χ0) is 12.0. The quantitative estimate of drug-likeness (QED) is 0.777. The van der Waals surface area contributed by atoms with Crippen LogP contribution >= 0.6 is 11.3 Å². The molecular weight excluding hydrogens is 232 g/mol. The lowest BCUT2D eigenvalue weighted by Crippen LogP contribution is -2.22. The topological polar surface area (TPSA) is 34.9 Å². The highest BCUT2D eigenvalue weighted by molar-refractivity contribution is 7.18. The van der Waals surface area contributed by atoms with E-state index in [2.05, 4.69) is 4.98 Å². The fraction of sp³-hybridized carbons (Fsp3) is 0.538. The number of thiophene rings is 1. The van der Waals surface area contributed by atoms with Crippen molar-refractivity contribution < 1.29 is 0 Å². The molecule has 0 fully saturated rings. The first-order valence-electron chi connectivity index (χ1n) is 6.20. The van der Waals surface area contributed by atoms with Gasteiger partial charge in [-0.15, -0.1) is 11.3 Å². The van der Waals surface area contributed by atoms with Gasteiger partial charge in [-0.1, -0.05) is 0 Å². The second-order valence-corrected chi connectivity index (χ2v) is 6.03. The van der Waals surface area contributed by atoms with Crippen molar-refractivity contribution in [1.29, 1.82) is 0 Å². The van der Waals surface area contributed by atoms with E-state index >= 15 is 0 Å². The van der Waals surface area contributed by atoms with Crippen LogP contribution in [0.15, 0.2) is 11.1 Å². The van der Waals surface area contributed by atoms with Crippen molar-refractivity contribution in [2.45, 2.75) is 45.6 Å². The standard InChI is InChI=1S/C13H16N2OS/c1-8(2)15-7-14-12-11(13(15)16)9-5-3-4-6-10(9)17-12/h7-8H,3-6H2,1-2H3. The van der Waals surface area contributed by atoms with Crippen LogP contribution in [0.3, 0.4) is 0 Å². The minimum atomic E-state index is 0.143. The summed E-state index contributed by atoms with van der Waals surface area (Å²) in [6.07, 6.45) is 6.32. The Labute approximate surface area is 104 Å². The van der Waals surface area contributed by atoms with Gasteiger partial charge in [0.25, 0.3) is 5.56 Å². The van der Waals surface area contributed by atoms with Gasteiger partial charge in [0.15, 0.2) is 0 Å². The highest BCUT2D eigenvalue weighted by Gasteiger charge is 2.20. The maximum Gasteiger partial charge on any atom is 0.262 e. The lowest BCUT2D eigenvalue weighted by Gasteiger charge is -2.11. The molecule has 2 aromatic rings. The summed E-state index contributed by atoms with van der Waals surface area (Å²) in [5.41, 5.74) is 1.42. The van der Waals surface area contributed by atoms with Crippen molar-refractivity contribution in [1.82, 2.24) is 9.55 Å². The molecule has 2 aromatic heterocycles. The molecule has 1 aliphatic carbocycles. The molecule has 2 heterocycles. The molecule has 0 bridgehead atoms. The van der Waals surface area contributed by atoms with E-state index in [1.54, 1.807) is 22.2 Å². The van der Waals surface area contributed by atoms with E-state index in [1.807, 2.05) is 13.8 Å². The van der Waals surface area contributed by atoms with E-state index in [0.717, 1.165) is 23.1 Å². The van der Waals surface area contributed by atoms with Crippen molar-refractivity contribution in [3.05, 3.63) is 27.1 Å². The zero-order valence-corrected chi connectivity index (χ0v) is 11.0. The molecule has 0 aromatic carbocycles. The fourth-order valence-corrected chi connectivity index (χ4v) is 3.75. The predicted molar refractivity (Wildman–Crippen MR) is 70.9 cm³/mol. The highest BCUT2D eigenvalue weighted by Crippen LogP contribution is 2.33. The molecule has 17 heavy (non-hydrogen) atoms. The van der Waals surface area contributed by atoms with Gasteiger partial charge in [0.05, 0.1) is 11.7 Å². The van der Waals surface area contributed by atoms with Gasteiger partial charge in [0.1, 0.15) is 4.83 Å². The molecule has 3 rings (SSSR count). The number of aryl methyl sites for hydroxylation is 2. The molecule has 0 unspecified atom stereocenters. The molecule has 0 radical (unpaired) electrons. The van der Waals surface area contributed by atoms with Gasteiger partial charge < -0.3 is 0 Å². The average molecular weight is 248 g/mol. The second kappa shape index (κ2) is 3.95. The number of hydrogen-bond donors (Lipinski definition) is 0. The van der Waals surface area contributed by atoms with Crippen molar-refractivity contribution in [2.24, 2.45) is 0 Å². The normalized spacial score (nSPS) is 15.5. The lowest BCUT2D eigenvalue weighted by atomic mass is 9.97. The van der Waals surface area contributed by atoms with Gasteiger partial charge in [-0.25, -0.2) is 4.98 Å². The first-order chi connectivity index (χ1) is 8.18. The Morgan fingerprint density at radius 1 is 1.35 bits per heavy atom. The summed E-state index contributed by atoms with van der Waals surface area (Å²) in [5, 5.41) is 0.890. The maximum absolute atomic E-state index is 12.4. The first kappa shape index (κ1) is 11.0. The van der Waals surface area contributed by atoms with E-state index < -0.39 is 0 Å². The minimum absolute atomic E-state index is 0.143. The third kappa shape index (κ3) is 1.62. The van der Waals surface area contributed by atoms with Gasteiger partial charge in [-0.3, -0.25) is 9.36 Å². The SMILES string of the molecule is CC(C)n1cnc2sc3c(c2c1=O)CCCC3. The fourth-order valence-electron chi connectivity index (χ4n) is 2.53. The molecule has 0 amide bonds. The zero-order valence-electron chi connectivity index (χ0n) is 10.2.